The number of nitrogens with one attached hydrogen (secondary N) is 2. The first kappa shape index (κ1) is 15.0. The van der Waals surface area contributed by atoms with Crippen molar-refractivity contribution < 1.29 is 4.79 Å². The molecular formula is C19H18N2O2. The van der Waals surface area contributed by atoms with Crippen molar-refractivity contribution in [3.05, 3.63) is 75.6 Å². The van der Waals surface area contributed by atoms with Gasteiger partial charge in [-0.05, 0) is 43.2 Å². The molecule has 0 bridgehead atoms. The molecule has 0 fully saturated rings. The Kier molecular flexibility index (Phi) is 3.98. The van der Waals surface area contributed by atoms with Crippen LogP contribution in [0.3, 0.4) is 0 Å². The molecule has 2 aromatic carbocycles. The van der Waals surface area contributed by atoms with Crippen LogP contribution in [0, 0.1) is 6.92 Å². The number of hydrogen-bond acceptors (Lipinski definition) is 2. The summed E-state index contributed by atoms with van der Waals surface area (Å²) in [5.74, 6) is -0.215. The topological polar surface area (TPSA) is 62.0 Å². The van der Waals surface area contributed by atoms with Crippen LogP contribution in [0.1, 0.15) is 28.5 Å². The van der Waals surface area contributed by atoms with E-state index < -0.39 is 0 Å². The van der Waals surface area contributed by atoms with E-state index in [9.17, 15) is 9.59 Å². The number of H-pyrrole nitrogens is 1. The molecule has 1 aromatic heterocycles. The minimum Gasteiger partial charge on any atom is -0.358 e. The third-order valence-electron chi connectivity index (χ3n) is 3.87. The SMILES string of the molecule is CCc1ccccc1NC(=O)c1ccc2[nH]c(C)cc(=O)c2c1. The molecule has 3 rings (SSSR count). The van der Waals surface area contributed by atoms with E-state index >= 15 is 0 Å². The van der Waals surface area contributed by atoms with Gasteiger partial charge in [-0.1, -0.05) is 25.1 Å². The highest BCUT2D eigenvalue weighted by molar-refractivity contribution is 6.06. The van der Waals surface area contributed by atoms with Crippen LogP contribution in [-0.4, -0.2) is 10.9 Å². The summed E-state index contributed by atoms with van der Waals surface area (Å²) in [6.45, 7) is 3.88. The predicted octanol–water partition coefficient (Wildman–Crippen LogP) is 3.65. The highest BCUT2D eigenvalue weighted by Crippen LogP contribution is 2.18. The van der Waals surface area contributed by atoms with Crippen LogP contribution in [0.25, 0.3) is 10.9 Å². The van der Waals surface area contributed by atoms with E-state index in [1.807, 2.05) is 38.1 Å². The highest BCUT2D eigenvalue weighted by atomic mass is 16.1. The second kappa shape index (κ2) is 6.08. The molecule has 0 spiro atoms. The minimum absolute atomic E-state index is 0.0835. The van der Waals surface area contributed by atoms with Crippen molar-refractivity contribution in [1.29, 1.82) is 0 Å². The average molecular weight is 306 g/mol. The third-order valence-corrected chi connectivity index (χ3v) is 3.87. The number of para-hydroxylation sites is 1. The van der Waals surface area contributed by atoms with Gasteiger partial charge >= 0.3 is 0 Å². The number of amides is 1. The summed E-state index contributed by atoms with van der Waals surface area (Å²) in [5.41, 5.74) is 3.81. The summed E-state index contributed by atoms with van der Waals surface area (Å²) in [7, 11) is 0. The fourth-order valence-corrected chi connectivity index (χ4v) is 2.67. The number of aryl methyl sites for hydroxylation is 2. The van der Waals surface area contributed by atoms with Gasteiger partial charge in [-0.25, -0.2) is 0 Å². The van der Waals surface area contributed by atoms with Crippen LogP contribution in [-0.2, 0) is 6.42 Å². The highest BCUT2D eigenvalue weighted by Gasteiger charge is 2.10. The largest absolute Gasteiger partial charge is 0.358 e. The van der Waals surface area contributed by atoms with Gasteiger partial charge in [-0.3, -0.25) is 9.59 Å². The zero-order valence-electron chi connectivity index (χ0n) is 13.1. The standard InChI is InChI=1S/C19H18N2O2/c1-3-13-6-4-5-7-16(13)21-19(23)14-8-9-17-15(11-14)18(22)10-12(2)20-17/h4-11H,3H2,1-2H3,(H,20,22)(H,21,23). The minimum atomic E-state index is -0.215. The summed E-state index contributed by atoms with van der Waals surface area (Å²) < 4.78 is 0. The molecule has 0 saturated heterocycles. The van der Waals surface area contributed by atoms with Crippen molar-refractivity contribution in [1.82, 2.24) is 4.98 Å². The molecule has 4 heteroatoms. The van der Waals surface area contributed by atoms with E-state index in [1.54, 1.807) is 18.2 Å². The Morgan fingerprint density at radius 2 is 1.91 bits per heavy atom. The Morgan fingerprint density at radius 3 is 2.70 bits per heavy atom. The van der Waals surface area contributed by atoms with E-state index in [0.29, 0.717) is 10.9 Å². The first-order chi connectivity index (χ1) is 11.1. The van der Waals surface area contributed by atoms with E-state index in [-0.39, 0.29) is 11.3 Å². The monoisotopic (exact) mass is 306 g/mol. The second-order valence-electron chi connectivity index (χ2n) is 5.54. The summed E-state index contributed by atoms with van der Waals surface area (Å²) >= 11 is 0. The molecular weight excluding hydrogens is 288 g/mol. The zero-order valence-corrected chi connectivity index (χ0v) is 13.1. The number of carbonyl (C=O) groups is 1. The Bertz CT molecular complexity index is 941. The van der Waals surface area contributed by atoms with Crippen LogP contribution in [0.5, 0.6) is 0 Å². The molecule has 1 heterocycles. The zero-order chi connectivity index (χ0) is 16.4. The molecule has 0 radical (unpaired) electrons. The number of carbonyl (C=O) groups excluding carboxylic acids is 1. The Hall–Kier alpha value is -2.88. The average Bonchev–Trinajstić information content (AvgIpc) is 2.55. The summed E-state index contributed by atoms with van der Waals surface area (Å²) in [6.07, 6.45) is 0.840. The van der Waals surface area contributed by atoms with Crippen LogP contribution in [0.4, 0.5) is 5.69 Å². The first-order valence-electron chi connectivity index (χ1n) is 7.61. The Morgan fingerprint density at radius 1 is 1.13 bits per heavy atom. The Labute approximate surface area is 134 Å². The lowest BCUT2D eigenvalue weighted by atomic mass is 10.1. The number of rotatable bonds is 3. The number of aromatic amines is 1. The van der Waals surface area contributed by atoms with Crippen molar-refractivity contribution in [2.45, 2.75) is 20.3 Å². The van der Waals surface area contributed by atoms with Crippen LogP contribution >= 0.6 is 0 Å². The number of aromatic nitrogens is 1. The van der Waals surface area contributed by atoms with Gasteiger partial charge in [0, 0.05) is 33.9 Å². The van der Waals surface area contributed by atoms with E-state index in [2.05, 4.69) is 10.3 Å². The van der Waals surface area contributed by atoms with Gasteiger partial charge in [0.25, 0.3) is 5.91 Å². The van der Waals surface area contributed by atoms with Gasteiger partial charge in [-0.15, -0.1) is 0 Å². The quantitative estimate of drug-likeness (QED) is 0.776. The summed E-state index contributed by atoms with van der Waals surface area (Å²) in [5, 5.41) is 3.44. The molecule has 0 aliphatic rings. The fraction of sp³-hybridized carbons (Fsp3) is 0.158. The van der Waals surface area contributed by atoms with Crippen LogP contribution in [0.2, 0.25) is 0 Å². The molecule has 23 heavy (non-hydrogen) atoms. The predicted molar refractivity (Wildman–Crippen MR) is 93.1 cm³/mol. The molecule has 0 aliphatic heterocycles. The van der Waals surface area contributed by atoms with Crippen molar-refractivity contribution in [2.75, 3.05) is 5.32 Å². The molecule has 1 amide bonds. The smallest absolute Gasteiger partial charge is 0.255 e. The van der Waals surface area contributed by atoms with Crippen molar-refractivity contribution >= 4 is 22.5 Å². The van der Waals surface area contributed by atoms with Gasteiger partial charge in [0.1, 0.15) is 0 Å². The molecule has 4 nitrogen and oxygen atoms in total. The van der Waals surface area contributed by atoms with Gasteiger partial charge in [0.05, 0.1) is 0 Å². The maximum atomic E-state index is 12.5. The maximum absolute atomic E-state index is 12.5. The van der Waals surface area contributed by atoms with Gasteiger partial charge in [0.15, 0.2) is 5.43 Å². The number of fused-ring (bicyclic) bond motifs is 1. The van der Waals surface area contributed by atoms with Gasteiger partial charge in [0.2, 0.25) is 0 Å². The van der Waals surface area contributed by atoms with Crippen molar-refractivity contribution in [3.63, 3.8) is 0 Å². The third kappa shape index (κ3) is 3.01. The van der Waals surface area contributed by atoms with Gasteiger partial charge in [-0.2, -0.15) is 0 Å². The van der Waals surface area contributed by atoms with Crippen LogP contribution < -0.4 is 10.7 Å². The number of hydrogen-bond donors (Lipinski definition) is 2. The molecule has 0 saturated carbocycles. The molecule has 2 N–H and O–H groups in total. The summed E-state index contributed by atoms with van der Waals surface area (Å²) in [4.78, 5) is 27.7. The number of benzene rings is 2. The lowest BCUT2D eigenvalue weighted by Gasteiger charge is -2.10. The first-order valence-corrected chi connectivity index (χ1v) is 7.61. The van der Waals surface area contributed by atoms with Crippen LogP contribution in [0.15, 0.2) is 53.3 Å². The van der Waals surface area contributed by atoms with E-state index in [4.69, 9.17) is 0 Å². The van der Waals surface area contributed by atoms with E-state index in [0.717, 1.165) is 28.9 Å². The van der Waals surface area contributed by atoms with Crippen molar-refractivity contribution in [3.8, 4) is 0 Å². The van der Waals surface area contributed by atoms with Crippen molar-refractivity contribution in [2.24, 2.45) is 0 Å². The van der Waals surface area contributed by atoms with E-state index in [1.165, 1.54) is 6.07 Å². The molecule has 0 atom stereocenters. The normalized spacial score (nSPS) is 10.7. The summed E-state index contributed by atoms with van der Waals surface area (Å²) in [6, 6.07) is 14.4. The Balaban J connectivity index is 1.97. The number of anilines is 1. The molecule has 3 aromatic rings. The molecule has 116 valence electrons. The fourth-order valence-electron chi connectivity index (χ4n) is 2.67. The lowest BCUT2D eigenvalue weighted by Crippen LogP contribution is -2.14. The molecule has 0 unspecified atom stereocenters. The maximum Gasteiger partial charge on any atom is 0.255 e. The molecule has 0 aliphatic carbocycles. The lowest BCUT2D eigenvalue weighted by molar-refractivity contribution is 0.102. The second-order valence-corrected chi connectivity index (χ2v) is 5.54. The number of pyridine rings is 1. The van der Waals surface area contributed by atoms with Gasteiger partial charge < -0.3 is 10.3 Å².